The minimum absolute atomic E-state index is 0.0753. The first-order valence-electron chi connectivity index (χ1n) is 7.86. The van der Waals surface area contributed by atoms with Gasteiger partial charge in [-0.25, -0.2) is 9.80 Å². The maximum atomic E-state index is 12.5. The van der Waals surface area contributed by atoms with E-state index in [1.807, 2.05) is 65.0 Å². The second-order valence-electron chi connectivity index (χ2n) is 6.95. The van der Waals surface area contributed by atoms with Crippen LogP contribution in [0.1, 0.15) is 40.2 Å². The summed E-state index contributed by atoms with van der Waals surface area (Å²) in [6.45, 7) is 9.46. The highest BCUT2D eigenvalue weighted by atomic mass is 16.6. The molecule has 1 aliphatic heterocycles. The molecule has 1 aromatic carbocycles. The van der Waals surface area contributed by atoms with Crippen LogP contribution >= 0.6 is 0 Å². The van der Waals surface area contributed by atoms with Crippen LogP contribution in [0.3, 0.4) is 0 Å². The number of hydrazone groups is 1. The maximum absolute atomic E-state index is 12.5. The molecule has 0 bridgehead atoms. The summed E-state index contributed by atoms with van der Waals surface area (Å²) >= 11 is 0. The highest BCUT2D eigenvalue weighted by Crippen LogP contribution is 2.25. The molecule has 0 aliphatic carbocycles. The van der Waals surface area contributed by atoms with Crippen molar-refractivity contribution in [1.29, 1.82) is 0 Å². The summed E-state index contributed by atoms with van der Waals surface area (Å²) in [5.74, 6) is -1.10. The summed E-state index contributed by atoms with van der Waals surface area (Å²) in [5.41, 5.74) is 0.687. The summed E-state index contributed by atoms with van der Waals surface area (Å²) in [7, 11) is 0. The number of amides is 1. The normalized spacial score (nSPS) is 21.9. The van der Waals surface area contributed by atoms with E-state index in [1.165, 1.54) is 5.01 Å². The number of benzene rings is 1. The van der Waals surface area contributed by atoms with E-state index in [0.717, 1.165) is 5.56 Å². The van der Waals surface area contributed by atoms with Crippen molar-refractivity contribution in [1.82, 2.24) is 5.01 Å². The van der Waals surface area contributed by atoms with E-state index >= 15 is 0 Å². The van der Waals surface area contributed by atoms with Gasteiger partial charge in [0, 0.05) is 11.8 Å². The molecular weight excluding hydrogens is 292 g/mol. The third-order valence-electron chi connectivity index (χ3n) is 3.84. The lowest BCUT2D eigenvalue weighted by Crippen LogP contribution is -2.45. The second kappa shape index (κ2) is 6.52. The number of esters is 1. The number of rotatable bonds is 3. The van der Waals surface area contributed by atoms with Gasteiger partial charge in [0.25, 0.3) is 0 Å². The van der Waals surface area contributed by atoms with Crippen LogP contribution in [-0.4, -0.2) is 28.2 Å². The highest BCUT2D eigenvalue weighted by Gasteiger charge is 2.38. The molecule has 2 rings (SSSR count). The van der Waals surface area contributed by atoms with Gasteiger partial charge in [0.1, 0.15) is 11.3 Å². The molecule has 5 nitrogen and oxygen atoms in total. The number of hydrogen-bond donors (Lipinski definition) is 0. The second-order valence-corrected chi connectivity index (χ2v) is 6.95. The maximum Gasteiger partial charge on any atom is 0.355 e. The summed E-state index contributed by atoms with van der Waals surface area (Å²) in [6.07, 6.45) is 0. The Bertz CT molecular complexity index is 617. The van der Waals surface area contributed by atoms with Gasteiger partial charge in [0.2, 0.25) is 5.91 Å². The van der Waals surface area contributed by atoms with E-state index in [4.69, 9.17) is 4.74 Å². The fourth-order valence-corrected chi connectivity index (χ4v) is 2.38. The molecule has 2 atom stereocenters. The molecule has 1 aromatic rings. The Balaban J connectivity index is 2.27. The fraction of sp³-hybridized carbons (Fsp3) is 0.500. The summed E-state index contributed by atoms with van der Waals surface area (Å²) in [6, 6.07) is 9.60. The van der Waals surface area contributed by atoms with Crippen molar-refractivity contribution in [3.63, 3.8) is 0 Å². The molecule has 0 saturated carbocycles. The Hall–Kier alpha value is -2.17. The predicted octanol–water partition coefficient (Wildman–Crippen LogP) is 3.00. The van der Waals surface area contributed by atoms with E-state index in [2.05, 4.69) is 5.10 Å². The van der Waals surface area contributed by atoms with E-state index < -0.39 is 11.6 Å². The van der Waals surface area contributed by atoms with Crippen LogP contribution in [-0.2, 0) is 20.9 Å². The number of carbonyl (C=O) groups excluding carboxylic acids is 2. The Morgan fingerprint density at radius 1 is 1.17 bits per heavy atom. The van der Waals surface area contributed by atoms with Gasteiger partial charge < -0.3 is 4.74 Å². The topological polar surface area (TPSA) is 59.0 Å². The van der Waals surface area contributed by atoms with Crippen molar-refractivity contribution in [2.45, 2.75) is 46.8 Å². The molecule has 23 heavy (non-hydrogen) atoms. The minimum Gasteiger partial charge on any atom is -0.455 e. The monoisotopic (exact) mass is 316 g/mol. The van der Waals surface area contributed by atoms with Gasteiger partial charge in [-0.3, -0.25) is 4.79 Å². The number of carbonyl (C=O) groups is 2. The molecular formula is C18H24N2O3. The lowest BCUT2D eigenvalue weighted by atomic mass is 9.88. The lowest BCUT2D eigenvalue weighted by Gasteiger charge is -2.32. The van der Waals surface area contributed by atoms with Gasteiger partial charge in [-0.1, -0.05) is 44.2 Å². The van der Waals surface area contributed by atoms with Gasteiger partial charge >= 0.3 is 5.97 Å². The van der Waals surface area contributed by atoms with Crippen LogP contribution in [0.25, 0.3) is 0 Å². The zero-order valence-corrected chi connectivity index (χ0v) is 14.4. The molecule has 0 fully saturated rings. The van der Waals surface area contributed by atoms with Crippen LogP contribution in [0, 0.1) is 11.8 Å². The Morgan fingerprint density at radius 2 is 1.78 bits per heavy atom. The SMILES string of the molecule is C[C@@H]1C(C(=O)OC(C)(C)C)=NN(Cc2ccccc2)C(=O)[C@@H]1C. The Labute approximate surface area is 137 Å². The lowest BCUT2D eigenvalue weighted by molar-refractivity contribution is -0.147. The molecule has 5 heteroatoms. The van der Waals surface area contributed by atoms with Crippen LogP contribution in [0.15, 0.2) is 35.4 Å². The summed E-state index contributed by atoms with van der Waals surface area (Å²) < 4.78 is 5.42. The third kappa shape index (κ3) is 4.18. The summed E-state index contributed by atoms with van der Waals surface area (Å²) in [4.78, 5) is 24.8. The molecule has 0 radical (unpaired) electrons. The minimum atomic E-state index is -0.589. The van der Waals surface area contributed by atoms with Crippen LogP contribution in [0.5, 0.6) is 0 Å². The van der Waals surface area contributed by atoms with Crippen LogP contribution in [0.4, 0.5) is 0 Å². The largest absolute Gasteiger partial charge is 0.455 e. The number of nitrogens with zero attached hydrogens (tertiary/aromatic N) is 2. The predicted molar refractivity (Wildman–Crippen MR) is 88.6 cm³/mol. The first-order valence-corrected chi connectivity index (χ1v) is 7.86. The Kier molecular flexibility index (Phi) is 4.88. The fourth-order valence-electron chi connectivity index (χ4n) is 2.38. The molecule has 0 N–H and O–H groups in total. The molecule has 0 aromatic heterocycles. The van der Waals surface area contributed by atoms with Gasteiger partial charge in [0.15, 0.2) is 0 Å². The molecule has 124 valence electrons. The first kappa shape index (κ1) is 17.2. The van der Waals surface area contributed by atoms with Crippen molar-refractivity contribution in [3.8, 4) is 0 Å². The van der Waals surface area contributed by atoms with Crippen molar-refractivity contribution >= 4 is 17.6 Å². The van der Waals surface area contributed by atoms with Gasteiger partial charge in [-0.15, -0.1) is 0 Å². The standard InChI is InChI=1S/C18H24N2O3/c1-12-13(2)16(21)20(11-14-9-7-6-8-10-14)19-15(12)17(22)23-18(3,4)5/h6-10,12-13H,11H2,1-5H3/t12-,13+/m0/s1. The molecule has 1 aliphatic rings. The van der Waals surface area contributed by atoms with Crippen molar-refractivity contribution < 1.29 is 14.3 Å². The molecule has 0 saturated heterocycles. The van der Waals surface area contributed by atoms with Gasteiger partial charge in [-0.2, -0.15) is 5.10 Å². The molecule has 0 unspecified atom stereocenters. The first-order chi connectivity index (χ1) is 10.7. The summed E-state index contributed by atoms with van der Waals surface area (Å²) in [5, 5.41) is 5.67. The van der Waals surface area contributed by atoms with E-state index in [-0.39, 0.29) is 17.7 Å². The smallest absolute Gasteiger partial charge is 0.355 e. The average molecular weight is 316 g/mol. The molecule has 1 amide bonds. The number of hydrogen-bond acceptors (Lipinski definition) is 4. The average Bonchev–Trinajstić information content (AvgIpc) is 2.47. The zero-order chi connectivity index (χ0) is 17.2. The zero-order valence-electron chi connectivity index (χ0n) is 14.4. The molecule has 1 heterocycles. The van der Waals surface area contributed by atoms with Crippen LogP contribution < -0.4 is 0 Å². The molecule has 0 spiro atoms. The van der Waals surface area contributed by atoms with Crippen molar-refractivity contribution in [2.75, 3.05) is 0 Å². The van der Waals surface area contributed by atoms with Gasteiger partial charge in [0.05, 0.1) is 6.54 Å². The van der Waals surface area contributed by atoms with E-state index in [9.17, 15) is 9.59 Å². The van der Waals surface area contributed by atoms with Gasteiger partial charge in [-0.05, 0) is 26.3 Å². The van der Waals surface area contributed by atoms with Crippen LogP contribution in [0.2, 0.25) is 0 Å². The quantitative estimate of drug-likeness (QED) is 0.805. The highest BCUT2D eigenvalue weighted by molar-refractivity contribution is 6.38. The van der Waals surface area contributed by atoms with Crippen molar-refractivity contribution in [3.05, 3.63) is 35.9 Å². The van der Waals surface area contributed by atoms with E-state index in [1.54, 1.807) is 0 Å². The third-order valence-corrected chi connectivity index (χ3v) is 3.84. The number of ether oxygens (including phenoxy) is 1. The van der Waals surface area contributed by atoms with E-state index in [0.29, 0.717) is 12.3 Å². The van der Waals surface area contributed by atoms with Crippen molar-refractivity contribution in [2.24, 2.45) is 16.9 Å². The Morgan fingerprint density at radius 3 is 2.35 bits per heavy atom.